The second kappa shape index (κ2) is 7.62. The van der Waals surface area contributed by atoms with Crippen molar-refractivity contribution in [3.63, 3.8) is 0 Å². The first-order chi connectivity index (χ1) is 12.3. The molecule has 0 aliphatic carbocycles. The van der Waals surface area contributed by atoms with Crippen LogP contribution in [0.5, 0.6) is 0 Å². The SMILES string of the molecule is O=C(NC(=S)Nc1nc2ccc([N+](=O)[O-])cc2s1)c1cc(Br)ccc1Cl. The van der Waals surface area contributed by atoms with E-state index in [1.165, 1.54) is 23.5 Å². The number of fused-ring (bicyclic) bond motifs is 1. The fourth-order valence-corrected chi connectivity index (χ4v) is 3.77. The number of aromatic nitrogens is 1. The zero-order valence-corrected chi connectivity index (χ0v) is 16.6. The minimum absolute atomic E-state index is 0.0205. The molecular weight excluding hydrogens is 464 g/mol. The molecule has 0 atom stereocenters. The number of thiazole rings is 1. The van der Waals surface area contributed by atoms with Gasteiger partial charge in [-0.3, -0.25) is 20.2 Å². The predicted octanol–water partition coefficient (Wildman–Crippen LogP) is 4.75. The van der Waals surface area contributed by atoms with E-state index < -0.39 is 10.8 Å². The highest BCUT2D eigenvalue weighted by Gasteiger charge is 2.14. The van der Waals surface area contributed by atoms with Crippen LogP contribution in [0.2, 0.25) is 5.02 Å². The van der Waals surface area contributed by atoms with Crippen LogP contribution in [0.25, 0.3) is 10.2 Å². The number of non-ortho nitro benzene ring substituents is 1. The largest absolute Gasteiger partial charge is 0.308 e. The summed E-state index contributed by atoms with van der Waals surface area (Å²) >= 11 is 15.6. The molecule has 0 bridgehead atoms. The topological polar surface area (TPSA) is 97.2 Å². The van der Waals surface area contributed by atoms with Crippen molar-refractivity contribution in [1.82, 2.24) is 10.3 Å². The second-order valence-electron chi connectivity index (χ2n) is 4.96. The summed E-state index contributed by atoms with van der Waals surface area (Å²) in [5.41, 5.74) is 0.838. The zero-order chi connectivity index (χ0) is 18.8. The minimum Gasteiger partial charge on any atom is -0.308 e. The molecule has 2 N–H and O–H groups in total. The second-order valence-corrected chi connectivity index (χ2v) is 7.72. The normalized spacial score (nSPS) is 10.5. The van der Waals surface area contributed by atoms with Gasteiger partial charge in [0.05, 0.1) is 25.7 Å². The number of hydrogen-bond acceptors (Lipinski definition) is 6. The molecule has 132 valence electrons. The monoisotopic (exact) mass is 470 g/mol. The first-order valence-corrected chi connectivity index (χ1v) is 9.35. The molecule has 3 rings (SSSR count). The molecule has 3 aromatic rings. The van der Waals surface area contributed by atoms with Crippen molar-refractivity contribution in [2.75, 3.05) is 5.32 Å². The molecule has 0 aliphatic rings. The van der Waals surface area contributed by atoms with Gasteiger partial charge in [0.2, 0.25) is 0 Å². The number of nitro groups is 1. The number of anilines is 1. The highest BCUT2D eigenvalue weighted by Crippen LogP contribution is 2.29. The Morgan fingerprint density at radius 1 is 1.31 bits per heavy atom. The molecule has 0 saturated carbocycles. The summed E-state index contributed by atoms with van der Waals surface area (Å²) in [4.78, 5) is 26.9. The van der Waals surface area contributed by atoms with Gasteiger partial charge in [-0.1, -0.05) is 38.9 Å². The van der Waals surface area contributed by atoms with E-state index in [9.17, 15) is 14.9 Å². The standard InChI is InChI=1S/C15H8BrClN4O3S2/c16-7-1-3-10(17)9(5-7)13(22)19-14(25)20-15-18-11-4-2-8(21(23)24)6-12(11)26-15/h1-6H,(H2,18,19,20,22,25). The molecule has 26 heavy (non-hydrogen) atoms. The first kappa shape index (κ1) is 18.6. The van der Waals surface area contributed by atoms with Gasteiger partial charge in [-0.05, 0) is 36.5 Å². The first-order valence-electron chi connectivity index (χ1n) is 6.96. The number of carbonyl (C=O) groups is 1. The van der Waals surface area contributed by atoms with E-state index in [2.05, 4.69) is 31.5 Å². The number of hydrogen-bond donors (Lipinski definition) is 2. The van der Waals surface area contributed by atoms with Crippen LogP contribution in [-0.2, 0) is 0 Å². The van der Waals surface area contributed by atoms with Gasteiger partial charge in [0.25, 0.3) is 11.6 Å². The van der Waals surface area contributed by atoms with Crippen LogP contribution < -0.4 is 10.6 Å². The van der Waals surface area contributed by atoms with Gasteiger partial charge in [-0.2, -0.15) is 0 Å². The van der Waals surface area contributed by atoms with E-state index in [1.54, 1.807) is 24.3 Å². The van der Waals surface area contributed by atoms with Crippen LogP contribution in [-0.4, -0.2) is 20.9 Å². The van der Waals surface area contributed by atoms with Crippen LogP contribution in [0.4, 0.5) is 10.8 Å². The number of nitrogens with one attached hydrogen (secondary N) is 2. The molecule has 0 unspecified atom stereocenters. The van der Waals surface area contributed by atoms with E-state index in [-0.39, 0.29) is 16.4 Å². The van der Waals surface area contributed by atoms with Crippen LogP contribution in [0.1, 0.15) is 10.4 Å². The Morgan fingerprint density at radius 2 is 2.08 bits per heavy atom. The quantitative estimate of drug-likeness (QED) is 0.325. The number of amides is 1. The van der Waals surface area contributed by atoms with Crippen LogP contribution in [0, 0.1) is 10.1 Å². The fraction of sp³-hybridized carbons (Fsp3) is 0. The highest BCUT2D eigenvalue weighted by atomic mass is 79.9. The number of benzene rings is 2. The van der Waals surface area contributed by atoms with Crippen molar-refractivity contribution in [2.45, 2.75) is 0 Å². The fourth-order valence-electron chi connectivity index (χ4n) is 2.05. The zero-order valence-electron chi connectivity index (χ0n) is 12.7. The van der Waals surface area contributed by atoms with Crippen molar-refractivity contribution in [1.29, 1.82) is 0 Å². The molecule has 0 spiro atoms. The molecule has 1 amide bonds. The lowest BCUT2D eigenvalue weighted by Crippen LogP contribution is -2.34. The van der Waals surface area contributed by atoms with Gasteiger partial charge >= 0.3 is 0 Å². The minimum atomic E-state index is -0.473. The van der Waals surface area contributed by atoms with Gasteiger partial charge in [0.1, 0.15) is 0 Å². The van der Waals surface area contributed by atoms with E-state index in [4.69, 9.17) is 23.8 Å². The third-order valence-electron chi connectivity index (χ3n) is 3.20. The predicted molar refractivity (Wildman–Crippen MR) is 109 cm³/mol. The number of nitrogens with zero attached hydrogens (tertiary/aromatic N) is 2. The molecule has 1 heterocycles. The maximum Gasteiger partial charge on any atom is 0.270 e. The Kier molecular flexibility index (Phi) is 5.47. The number of carbonyl (C=O) groups excluding carboxylic acids is 1. The average Bonchev–Trinajstić information content (AvgIpc) is 2.97. The summed E-state index contributed by atoms with van der Waals surface area (Å²) in [6.07, 6.45) is 0. The van der Waals surface area contributed by atoms with E-state index in [0.717, 1.165) is 0 Å². The number of thiocarbonyl (C=S) groups is 1. The molecule has 2 aromatic carbocycles. The summed E-state index contributed by atoms with van der Waals surface area (Å²) in [6, 6.07) is 9.25. The Hall–Kier alpha value is -2.14. The molecule has 11 heteroatoms. The summed E-state index contributed by atoms with van der Waals surface area (Å²) in [6.45, 7) is 0. The van der Waals surface area contributed by atoms with Crippen LogP contribution >= 0.6 is 51.1 Å². The Balaban J connectivity index is 1.73. The van der Waals surface area contributed by atoms with Crippen LogP contribution in [0.15, 0.2) is 40.9 Å². The third-order valence-corrected chi connectivity index (χ3v) is 5.16. The number of rotatable bonds is 3. The van der Waals surface area contributed by atoms with Crippen molar-refractivity contribution >= 4 is 83.1 Å². The lowest BCUT2D eigenvalue weighted by Gasteiger charge is -2.08. The summed E-state index contributed by atoms with van der Waals surface area (Å²) in [5, 5.41) is 16.9. The van der Waals surface area contributed by atoms with Crippen molar-refractivity contribution in [2.24, 2.45) is 0 Å². The van der Waals surface area contributed by atoms with Crippen molar-refractivity contribution in [3.05, 3.63) is 61.6 Å². The third kappa shape index (κ3) is 4.15. The lowest BCUT2D eigenvalue weighted by molar-refractivity contribution is -0.384. The smallest absolute Gasteiger partial charge is 0.270 e. The molecule has 7 nitrogen and oxygen atoms in total. The Bertz CT molecular complexity index is 1060. The van der Waals surface area contributed by atoms with Crippen molar-refractivity contribution in [3.8, 4) is 0 Å². The molecule has 0 aliphatic heterocycles. The van der Waals surface area contributed by atoms with Crippen LogP contribution in [0.3, 0.4) is 0 Å². The summed E-state index contributed by atoms with van der Waals surface area (Å²) in [7, 11) is 0. The van der Waals surface area contributed by atoms with Gasteiger partial charge < -0.3 is 5.32 Å². The van der Waals surface area contributed by atoms with E-state index in [1.807, 2.05) is 0 Å². The molecule has 0 radical (unpaired) electrons. The van der Waals surface area contributed by atoms with Gasteiger partial charge in [-0.15, -0.1) is 0 Å². The lowest BCUT2D eigenvalue weighted by atomic mass is 10.2. The van der Waals surface area contributed by atoms with Gasteiger partial charge in [-0.25, -0.2) is 4.98 Å². The summed E-state index contributed by atoms with van der Waals surface area (Å²) < 4.78 is 1.34. The molecule has 0 saturated heterocycles. The highest BCUT2D eigenvalue weighted by molar-refractivity contribution is 9.10. The number of halogens is 2. The Morgan fingerprint density at radius 3 is 2.81 bits per heavy atom. The van der Waals surface area contributed by atoms with E-state index >= 15 is 0 Å². The van der Waals surface area contributed by atoms with Gasteiger partial charge in [0.15, 0.2) is 10.2 Å². The van der Waals surface area contributed by atoms with E-state index in [0.29, 0.717) is 24.8 Å². The molecule has 0 fully saturated rings. The number of nitro benzene ring substituents is 1. The van der Waals surface area contributed by atoms with Gasteiger partial charge in [0, 0.05) is 16.6 Å². The molecule has 1 aromatic heterocycles. The maximum absolute atomic E-state index is 12.3. The summed E-state index contributed by atoms with van der Waals surface area (Å²) in [5.74, 6) is -0.467. The van der Waals surface area contributed by atoms with Crippen molar-refractivity contribution < 1.29 is 9.72 Å². The molecular formula is C15H8BrClN4O3S2. The average molecular weight is 472 g/mol. The Labute approximate surface area is 169 Å². The maximum atomic E-state index is 12.3.